The van der Waals surface area contributed by atoms with E-state index < -0.39 is 0 Å². The zero-order chi connectivity index (χ0) is 20.1. The number of nitriles is 1. The lowest BCUT2D eigenvalue weighted by Crippen LogP contribution is -2.49. The minimum atomic E-state index is 0.0673. The molecule has 0 radical (unpaired) electrons. The van der Waals surface area contributed by atoms with E-state index in [2.05, 4.69) is 28.1 Å². The van der Waals surface area contributed by atoms with Gasteiger partial charge in [0.15, 0.2) is 0 Å². The van der Waals surface area contributed by atoms with Crippen molar-refractivity contribution >= 4 is 11.7 Å². The highest BCUT2D eigenvalue weighted by Crippen LogP contribution is 2.21. The summed E-state index contributed by atoms with van der Waals surface area (Å²) in [7, 11) is 0. The van der Waals surface area contributed by atoms with Crippen molar-refractivity contribution in [3.05, 3.63) is 95.2 Å². The molecule has 5 heteroatoms. The van der Waals surface area contributed by atoms with Crippen molar-refractivity contribution in [1.29, 1.82) is 5.26 Å². The monoisotopic (exact) mass is 382 g/mol. The van der Waals surface area contributed by atoms with E-state index >= 15 is 0 Å². The Bertz CT molecular complexity index is 1030. The van der Waals surface area contributed by atoms with Crippen molar-refractivity contribution < 1.29 is 4.79 Å². The largest absolute Gasteiger partial charge is 0.352 e. The van der Waals surface area contributed by atoms with Gasteiger partial charge in [0.2, 0.25) is 0 Å². The number of benzene rings is 2. The Kier molecular flexibility index (Phi) is 5.53. The zero-order valence-corrected chi connectivity index (χ0v) is 16.2. The van der Waals surface area contributed by atoms with Gasteiger partial charge in [0.05, 0.1) is 5.56 Å². The summed E-state index contributed by atoms with van der Waals surface area (Å²) in [4.78, 5) is 21.6. The van der Waals surface area contributed by atoms with Crippen LogP contribution in [-0.2, 0) is 6.42 Å². The van der Waals surface area contributed by atoms with E-state index in [1.54, 1.807) is 18.3 Å². The molecule has 0 spiro atoms. The Morgan fingerprint density at radius 3 is 2.41 bits per heavy atom. The van der Waals surface area contributed by atoms with Crippen LogP contribution in [0, 0.1) is 11.3 Å². The molecule has 1 saturated heterocycles. The average Bonchev–Trinajstić information content (AvgIpc) is 2.80. The molecule has 144 valence electrons. The van der Waals surface area contributed by atoms with Crippen LogP contribution in [0.4, 0.5) is 5.82 Å². The first-order valence-electron chi connectivity index (χ1n) is 9.77. The summed E-state index contributed by atoms with van der Waals surface area (Å²) in [5.41, 5.74) is 3.57. The molecule has 0 unspecified atom stereocenters. The van der Waals surface area contributed by atoms with Crippen LogP contribution in [0.15, 0.2) is 72.9 Å². The first kappa shape index (κ1) is 18.7. The van der Waals surface area contributed by atoms with E-state index in [4.69, 9.17) is 0 Å². The van der Waals surface area contributed by atoms with Crippen molar-refractivity contribution in [3.63, 3.8) is 0 Å². The molecule has 0 N–H and O–H groups in total. The lowest BCUT2D eigenvalue weighted by molar-refractivity contribution is 0.0745. The molecule has 4 rings (SSSR count). The highest BCUT2D eigenvalue weighted by atomic mass is 16.2. The second-order valence-electron chi connectivity index (χ2n) is 7.09. The summed E-state index contributed by atoms with van der Waals surface area (Å²) >= 11 is 0. The van der Waals surface area contributed by atoms with Gasteiger partial charge in [-0.1, -0.05) is 48.5 Å². The van der Waals surface area contributed by atoms with E-state index in [1.165, 1.54) is 5.56 Å². The first-order chi connectivity index (χ1) is 14.3. The Morgan fingerprint density at radius 2 is 1.66 bits per heavy atom. The minimum absolute atomic E-state index is 0.0673. The number of anilines is 1. The van der Waals surface area contributed by atoms with E-state index in [-0.39, 0.29) is 5.91 Å². The van der Waals surface area contributed by atoms with Crippen LogP contribution in [-0.4, -0.2) is 42.0 Å². The number of amides is 1. The summed E-state index contributed by atoms with van der Waals surface area (Å²) < 4.78 is 0. The number of rotatable bonds is 4. The van der Waals surface area contributed by atoms with Gasteiger partial charge in [-0.25, -0.2) is 4.98 Å². The Morgan fingerprint density at radius 1 is 0.931 bits per heavy atom. The molecule has 2 heterocycles. The Labute approximate surface area is 170 Å². The molecule has 3 aromatic rings. The fourth-order valence-corrected chi connectivity index (χ4v) is 3.73. The normalized spacial score (nSPS) is 13.8. The summed E-state index contributed by atoms with van der Waals surface area (Å²) in [5, 5.41) is 9.31. The molecule has 0 saturated carbocycles. The molecule has 0 bridgehead atoms. The lowest BCUT2D eigenvalue weighted by Gasteiger charge is -2.36. The highest BCUT2D eigenvalue weighted by molar-refractivity contribution is 5.96. The van der Waals surface area contributed by atoms with E-state index in [9.17, 15) is 10.1 Å². The number of pyridine rings is 1. The maximum Gasteiger partial charge on any atom is 0.254 e. The van der Waals surface area contributed by atoms with Gasteiger partial charge >= 0.3 is 0 Å². The fourth-order valence-electron chi connectivity index (χ4n) is 3.73. The van der Waals surface area contributed by atoms with Gasteiger partial charge in [-0.15, -0.1) is 0 Å². The SMILES string of the molecule is N#Cc1cccnc1N1CCN(C(=O)c2ccccc2Cc2ccccc2)CC1. The number of nitrogens with zero attached hydrogens (tertiary/aromatic N) is 4. The molecule has 0 aliphatic carbocycles. The molecule has 1 aromatic heterocycles. The van der Waals surface area contributed by atoms with Gasteiger partial charge in [-0.3, -0.25) is 4.79 Å². The van der Waals surface area contributed by atoms with E-state index in [1.807, 2.05) is 47.4 Å². The van der Waals surface area contributed by atoms with Crippen LogP contribution in [0.2, 0.25) is 0 Å². The Balaban J connectivity index is 1.47. The number of carbonyl (C=O) groups excluding carboxylic acids is 1. The number of hydrogen-bond acceptors (Lipinski definition) is 4. The number of carbonyl (C=O) groups is 1. The highest BCUT2D eigenvalue weighted by Gasteiger charge is 2.25. The molecule has 1 amide bonds. The predicted octanol–water partition coefficient (Wildman–Crippen LogP) is 3.51. The smallest absolute Gasteiger partial charge is 0.254 e. The van der Waals surface area contributed by atoms with Crippen LogP contribution in [0.25, 0.3) is 0 Å². The molecular formula is C24H22N4O. The van der Waals surface area contributed by atoms with Crippen LogP contribution in [0.5, 0.6) is 0 Å². The van der Waals surface area contributed by atoms with Crippen LogP contribution >= 0.6 is 0 Å². The topological polar surface area (TPSA) is 60.2 Å². The third kappa shape index (κ3) is 4.12. The quantitative estimate of drug-likeness (QED) is 0.693. The van der Waals surface area contributed by atoms with Crippen LogP contribution in [0.3, 0.4) is 0 Å². The summed E-state index contributed by atoms with van der Waals surface area (Å²) in [5.74, 6) is 0.768. The summed E-state index contributed by atoms with van der Waals surface area (Å²) in [6, 6.07) is 23.8. The van der Waals surface area contributed by atoms with E-state index in [0.717, 1.165) is 17.5 Å². The number of hydrogen-bond donors (Lipinski definition) is 0. The summed E-state index contributed by atoms with van der Waals surface area (Å²) in [6.45, 7) is 2.55. The minimum Gasteiger partial charge on any atom is -0.352 e. The van der Waals surface area contributed by atoms with Crippen molar-refractivity contribution in [2.24, 2.45) is 0 Å². The van der Waals surface area contributed by atoms with Crippen LogP contribution < -0.4 is 4.90 Å². The van der Waals surface area contributed by atoms with Gasteiger partial charge in [0, 0.05) is 37.9 Å². The second-order valence-corrected chi connectivity index (χ2v) is 7.09. The molecule has 1 fully saturated rings. The standard InChI is InChI=1S/C24H22N4O/c25-18-21-10-6-12-26-23(21)27-13-15-28(16-14-27)24(29)22-11-5-4-9-20(22)17-19-7-2-1-3-8-19/h1-12H,13-17H2. The van der Waals surface area contributed by atoms with Crippen molar-refractivity contribution in [3.8, 4) is 6.07 Å². The molecule has 29 heavy (non-hydrogen) atoms. The third-order valence-electron chi connectivity index (χ3n) is 5.26. The van der Waals surface area contributed by atoms with Crippen molar-refractivity contribution in [2.45, 2.75) is 6.42 Å². The van der Waals surface area contributed by atoms with Gasteiger partial charge in [0.25, 0.3) is 5.91 Å². The number of piperazine rings is 1. The predicted molar refractivity (Wildman–Crippen MR) is 113 cm³/mol. The van der Waals surface area contributed by atoms with Gasteiger partial charge in [-0.2, -0.15) is 5.26 Å². The average molecular weight is 382 g/mol. The van der Waals surface area contributed by atoms with E-state index in [0.29, 0.717) is 37.6 Å². The van der Waals surface area contributed by atoms with Gasteiger partial charge in [-0.05, 0) is 35.7 Å². The molecule has 1 aliphatic rings. The molecule has 5 nitrogen and oxygen atoms in total. The maximum atomic E-state index is 13.2. The van der Waals surface area contributed by atoms with Gasteiger partial charge < -0.3 is 9.80 Å². The molecule has 0 atom stereocenters. The molecular weight excluding hydrogens is 360 g/mol. The maximum absolute atomic E-state index is 13.2. The first-order valence-corrected chi connectivity index (χ1v) is 9.77. The Hall–Kier alpha value is -3.65. The molecule has 1 aliphatic heterocycles. The van der Waals surface area contributed by atoms with Crippen molar-refractivity contribution in [1.82, 2.24) is 9.88 Å². The van der Waals surface area contributed by atoms with Gasteiger partial charge in [0.1, 0.15) is 11.9 Å². The third-order valence-corrected chi connectivity index (χ3v) is 5.26. The van der Waals surface area contributed by atoms with Crippen molar-refractivity contribution in [2.75, 3.05) is 31.1 Å². The zero-order valence-electron chi connectivity index (χ0n) is 16.2. The summed E-state index contributed by atoms with van der Waals surface area (Å²) in [6.07, 6.45) is 2.44. The second kappa shape index (κ2) is 8.57. The van der Waals surface area contributed by atoms with Crippen LogP contribution in [0.1, 0.15) is 27.0 Å². The fraction of sp³-hybridized carbons (Fsp3) is 0.208. The number of aromatic nitrogens is 1. The molecule has 2 aromatic carbocycles. The lowest BCUT2D eigenvalue weighted by atomic mass is 9.99.